The molecular weight excluding hydrogens is 360 g/mol. The highest BCUT2D eigenvalue weighted by Gasteiger charge is 2.26. The Morgan fingerprint density at radius 3 is 1.89 bits per heavy atom. The zero-order chi connectivity index (χ0) is 20.9. The van der Waals surface area contributed by atoms with E-state index in [-0.39, 0.29) is 12.7 Å². The Labute approximate surface area is 167 Å². The molecule has 0 atom stereocenters. The highest BCUT2D eigenvalue weighted by Crippen LogP contribution is 2.21. The summed E-state index contributed by atoms with van der Waals surface area (Å²) in [6, 6.07) is 7.57. The Balaban J connectivity index is 1.81. The van der Waals surface area contributed by atoms with E-state index >= 15 is 0 Å². The summed E-state index contributed by atoms with van der Waals surface area (Å²) < 4.78 is 16.1. The van der Waals surface area contributed by atoms with E-state index < -0.39 is 17.2 Å². The maximum absolute atomic E-state index is 12.1. The number of carbonyl (C=O) groups is 2. The van der Waals surface area contributed by atoms with Crippen molar-refractivity contribution in [1.29, 1.82) is 0 Å². The monoisotopic (exact) mass is 392 g/mol. The van der Waals surface area contributed by atoms with Crippen LogP contribution in [0.15, 0.2) is 24.3 Å². The third-order valence-electron chi connectivity index (χ3n) is 3.91. The number of esters is 1. The molecule has 0 aliphatic carbocycles. The van der Waals surface area contributed by atoms with E-state index in [0.717, 1.165) is 18.8 Å². The predicted octanol–water partition coefficient (Wildman–Crippen LogP) is 3.46. The van der Waals surface area contributed by atoms with Crippen molar-refractivity contribution in [1.82, 2.24) is 4.90 Å². The third-order valence-corrected chi connectivity index (χ3v) is 3.91. The molecule has 1 fully saturated rings. The van der Waals surface area contributed by atoms with E-state index in [2.05, 4.69) is 4.90 Å². The normalized spacial score (nSPS) is 15.2. The van der Waals surface area contributed by atoms with Crippen LogP contribution in [-0.4, -0.2) is 61.0 Å². The zero-order valence-corrected chi connectivity index (χ0v) is 17.8. The van der Waals surface area contributed by atoms with E-state index in [0.29, 0.717) is 18.8 Å². The minimum atomic E-state index is -0.522. The van der Waals surface area contributed by atoms with E-state index in [4.69, 9.17) is 14.2 Å². The second-order valence-electron chi connectivity index (χ2n) is 8.82. The third kappa shape index (κ3) is 7.29. The van der Waals surface area contributed by atoms with Gasteiger partial charge in [0.15, 0.2) is 6.61 Å². The van der Waals surface area contributed by atoms with E-state index in [1.165, 1.54) is 0 Å². The molecule has 7 nitrogen and oxygen atoms in total. The van der Waals surface area contributed by atoms with Crippen LogP contribution >= 0.6 is 0 Å². The van der Waals surface area contributed by atoms with Crippen LogP contribution in [-0.2, 0) is 14.3 Å². The lowest BCUT2D eigenvalue weighted by molar-refractivity contribution is -0.157. The average molecular weight is 392 g/mol. The minimum Gasteiger partial charge on any atom is -0.482 e. The molecule has 1 saturated heterocycles. The summed E-state index contributed by atoms with van der Waals surface area (Å²) in [5.74, 6) is 0.219. The summed E-state index contributed by atoms with van der Waals surface area (Å²) in [6.45, 7) is 13.7. The average Bonchev–Trinajstić information content (AvgIpc) is 2.58. The molecule has 1 aromatic rings. The molecule has 7 heteroatoms. The Bertz CT molecular complexity index is 666. The molecule has 1 aliphatic rings. The molecule has 2 rings (SSSR count). The summed E-state index contributed by atoms with van der Waals surface area (Å²) in [5.41, 5.74) is 0.0446. The Morgan fingerprint density at radius 1 is 0.857 bits per heavy atom. The molecule has 1 heterocycles. The van der Waals surface area contributed by atoms with E-state index in [9.17, 15) is 9.59 Å². The lowest BCUT2D eigenvalue weighted by Crippen LogP contribution is -2.50. The van der Waals surface area contributed by atoms with Crippen molar-refractivity contribution in [3.63, 3.8) is 0 Å². The second kappa shape index (κ2) is 8.71. The number of amides is 1. The van der Waals surface area contributed by atoms with Crippen LogP contribution in [0.25, 0.3) is 0 Å². The first-order valence-electron chi connectivity index (χ1n) is 9.60. The van der Waals surface area contributed by atoms with Crippen LogP contribution in [0.1, 0.15) is 41.5 Å². The Kier molecular flexibility index (Phi) is 6.80. The van der Waals surface area contributed by atoms with Gasteiger partial charge in [-0.2, -0.15) is 0 Å². The first kappa shape index (κ1) is 21.9. The number of anilines is 1. The first-order valence-corrected chi connectivity index (χ1v) is 9.60. The highest BCUT2D eigenvalue weighted by molar-refractivity contribution is 5.71. The van der Waals surface area contributed by atoms with Crippen molar-refractivity contribution >= 4 is 17.7 Å². The quantitative estimate of drug-likeness (QED) is 0.731. The number of piperazine rings is 1. The SMILES string of the molecule is CC(C)(C)OC(=O)COc1ccc(N2CCN(C(=O)OC(C)(C)C)CC2)cc1. The van der Waals surface area contributed by atoms with Gasteiger partial charge in [0.1, 0.15) is 17.0 Å². The zero-order valence-electron chi connectivity index (χ0n) is 17.8. The number of hydrogen-bond donors (Lipinski definition) is 0. The van der Waals surface area contributed by atoms with Crippen molar-refractivity contribution in [2.45, 2.75) is 52.7 Å². The van der Waals surface area contributed by atoms with Gasteiger partial charge in [-0.15, -0.1) is 0 Å². The fraction of sp³-hybridized carbons (Fsp3) is 0.619. The Morgan fingerprint density at radius 2 is 1.39 bits per heavy atom. The van der Waals surface area contributed by atoms with Gasteiger partial charge in [-0.3, -0.25) is 0 Å². The lowest BCUT2D eigenvalue weighted by Gasteiger charge is -2.36. The lowest BCUT2D eigenvalue weighted by atomic mass is 10.2. The van der Waals surface area contributed by atoms with Crippen LogP contribution in [0.2, 0.25) is 0 Å². The van der Waals surface area contributed by atoms with Crippen LogP contribution < -0.4 is 9.64 Å². The molecule has 0 saturated carbocycles. The van der Waals surface area contributed by atoms with E-state index in [1.807, 2.05) is 65.8 Å². The topological polar surface area (TPSA) is 68.3 Å². The molecule has 1 amide bonds. The molecule has 0 bridgehead atoms. The van der Waals surface area contributed by atoms with Crippen LogP contribution in [0, 0.1) is 0 Å². The van der Waals surface area contributed by atoms with Crippen molar-refractivity contribution in [2.24, 2.45) is 0 Å². The molecule has 1 aliphatic heterocycles. The van der Waals surface area contributed by atoms with Crippen molar-refractivity contribution < 1.29 is 23.8 Å². The molecular formula is C21H32N2O5. The van der Waals surface area contributed by atoms with Crippen molar-refractivity contribution in [2.75, 3.05) is 37.7 Å². The van der Waals surface area contributed by atoms with E-state index in [1.54, 1.807) is 4.90 Å². The fourth-order valence-electron chi connectivity index (χ4n) is 2.74. The van der Waals surface area contributed by atoms with Gasteiger partial charge in [0.2, 0.25) is 0 Å². The Hall–Kier alpha value is -2.44. The number of ether oxygens (including phenoxy) is 3. The second-order valence-corrected chi connectivity index (χ2v) is 8.82. The van der Waals surface area contributed by atoms with Crippen LogP contribution in [0.3, 0.4) is 0 Å². The molecule has 0 spiro atoms. The summed E-state index contributed by atoms with van der Waals surface area (Å²) in [5, 5.41) is 0. The molecule has 156 valence electrons. The molecule has 0 aromatic heterocycles. The van der Waals surface area contributed by atoms with Gasteiger partial charge < -0.3 is 24.0 Å². The number of nitrogens with zero attached hydrogens (tertiary/aromatic N) is 2. The number of carbonyl (C=O) groups excluding carboxylic acids is 2. The summed E-state index contributed by atoms with van der Waals surface area (Å²) >= 11 is 0. The molecule has 28 heavy (non-hydrogen) atoms. The van der Waals surface area contributed by atoms with Gasteiger partial charge in [0.25, 0.3) is 0 Å². The number of benzene rings is 1. The first-order chi connectivity index (χ1) is 12.9. The maximum atomic E-state index is 12.1. The minimum absolute atomic E-state index is 0.120. The van der Waals surface area contributed by atoms with Crippen molar-refractivity contribution in [3.8, 4) is 5.75 Å². The molecule has 0 radical (unpaired) electrons. The summed E-state index contributed by atoms with van der Waals surface area (Å²) in [4.78, 5) is 27.8. The largest absolute Gasteiger partial charge is 0.482 e. The van der Waals surface area contributed by atoms with Gasteiger partial charge in [0.05, 0.1) is 0 Å². The summed E-state index contributed by atoms with van der Waals surface area (Å²) in [6.07, 6.45) is -0.266. The van der Waals surface area contributed by atoms with Crippen LogP contribution in [0.4, 0.5) is 10.5 Å². The molecule has 0 unspecified atom stereocenters. The maximum Gasteiger partial charge on any atom is 0.410 e. The van der Waals surface area contributed by atoms with Crippen LogP contribution in [0.5, 0.6) is 5.75 Å². The standard InChI is InChI=1S/C21H32N2O5/c1-20(2,3)27-18(24)15-26-17-9-7-16(8-10-17)22-11-13-23(14-12-22)19(25)28-21(4,5)6/h7-10H,11-15H2,1-6H3. The number of hydrogen-bond acceptors (Lipinski definition) is 6. The fourth-order valence-corrected chi connectivity index (χ4v) is 2.74. The van der Waals surface area contributed by atoms with Gasteiger partial charge in [-0.1, -0.05) is 0 Å². The molecule has 1 aromatic carbocycles. The van der Waals surface area contributed by atoms with Gasteiger partial charge in [-0.25, -0.2) is 9.59 Å². The predicted molar refractivity (Wildman–Crippen MR) is 108 cm³/mol. The van der Waals surface area contributed by atoms with Crippen molar-refractivity contribution in [3.05, 3.63) is 24.3 Å². The smallest absolute Gasteiger partial charge is 0.410 e. The van der Waals surface area contributed by atoms with Gasteiger partial charge >= 0.3 is 12.1 Å². The van der Waals surface area contributed by atoms with Gasteiger partial charge in [0, 0.05) is 31.9 Å². The molecule has 0 N–H and O–H groups in total. The highest BCUT2D eigenvalue weighted by atomic mass is 16.6. The van der Waals surface area contributed by atoms with Gasteiger partial charge in [-0.05, 0) is 65.8 Å². The number of rotatable bonds is 4. The summed E-state index contributed by atoms with van der Waals surface area (Å²) in [7, 11) is 0.